The average molecular weight is 393 g/mol. The van der Waals surface area contributed by atoms with Gasteiger partial charge in [-0.05, 0) is 51.9 Å². The number of ether oxygens (including phenoxy) is 1. The van der Waals surface area contributed by atoms with Crippen molar-refractivity contribution in [2.24, 2.45) is 0 Å². The van der Waals surface area contributed by atoms with Crippen molar-refractivity contribution in [1.29, 1.82) is 0 Å². The normalized spacial score (nSPS) is 22.0. The van der Waals surface area contributed by atoms with Crippen LogP contribution in [-0.2, 0) is 4.74 Å². The van der Waals surface area contributed by atoms with Gasteiger partial charge in [-0.15, -0.1) is 0 Å². The first-order chi connectivity index (χ1) is 13.7. The molecule has 2 aliphatic heterocycles. The van der Waals surface area contributed by atoms with Gasteiger partial charge in [0.05, 0.1) is 6.61 Å². The molecule has 28 heavy (non-hydrogen) atoms. The van der Waals surface area contributed by atoms with Crippen LogP contribution in [0.4, 0.5) is 9.59 Å². The molecule has 0 radical (unpaired) electrons. The molecule has 2 heterocycles. The number of hydrogen-bond acceptors (Lipinski definition) is 4. The fraction of sp³-hybridized carbons (Fsp3) is 0.810. The zero-order chi connectivity index (χ0) is 19.8. The van der Waals surface area contributed by atoms with Gasteiger partial charge in [0.15, 0.2) is 0 Å². The van der Waals surface area contributed by atoms with Crippen LogP contribution < -0.4 is 5.32 Å². The molecule has 0 unspecified atom stereocenters. The summed E-state index contributed by atoms with van der Waals surface area (Å²) in [4.78, 5) is 30.5. The van der Waals surface area contributed by atoms with Crippen molar-refractivity contribution in [2.75, 3.05) is 52.4 Å². The Morgan fingerprint density at radius 3 is 2.46 bits per heavy atom. The van der Waals surface area contributed by atoms with E-state index >= 15 is 0 Å². The van der Waals surface area contributed by atoms with Crippen molar-refractivity contribution < 1.29 is 14.3 Å². The molecule has 2 fully saturated rings. The minimum atomic E-state index is -0.243. The summed E-state index contributed by atoms with van der Waals surface area (Å²) in [6.07, 6.45) is 10.2. The quantitative estimate of drug-likeness (QED) is 0.731. The van der Waals surface area contributed by atoms with Gasteiger partial charge in [-0.1, -0.05) is 11.6 Å². The lowest BCUT2D eigenvalue weighted by atomic mass is 9.97. The van der Waals surface area contributed by atoms with Gasteiger partial charge in [0, 0.05) is 51.9 Å². The summed E-state index contributed by atoms with van der Waals surface area (Å²) in [6.45, 7) is 8.15. The van der Waals surface area contributed by atoms with Gasteiger partial charge in [-0.2, -0.15) is 0 Å². The Kier molecular flexibility index (Phi) is 8.01. The number of piperazine rings is 1. The Morgan fingerprint density at radius 1 is 1.07 bits per heavy atom. The van der Waals surface area contributed by atoms with Gasteiger partial charge in [0.1, 0.15) is 0 Å². The van der Waals surface area contributed by atoms with Crippen LogP contribution in [0.25, 0.3) is 0 Å². The lowest BCUT2D eigenvalue weighted by molar-refractivity contribution is 0.0941. The standard InChI is InChI=1S/C21H36N4O3/c1-2-28-21(27)25-12-9-19(10-13-25)22-20(26)24-16-14-23(15-17-24)11-8-18-6-4-3-5-7-18/h6,19H,2-5,7-17H2,1H3,(H,22,26). The number of nitrogens with one attached hydrogen (secondary N) is 1. The predicted octanol–water partition coefficient (Wildman–Crippen LogP) is 2.83. The first-order valence-corrected chi connectivity index (χ1v) is 11.0. The molecule has 0 aromatic heterocycles. The molecule has 7 nitrogen and oxygen atoms in total. The summed E-state index contributed by atoms with van der Waals surface area (Å²) in [6, 6.07) is 0.193. The maximum Gasteiger partial charge on any atom is 0.409 e. The monoisotopic (exact) mass is 392 g/mol. The van der Waals surface area contributed by atoms with E-state index in [0.717, 1.165) is 45.6 Å². The second-order valence-electron chi connectivity index (χ2n) is 8.10. The van der Waals surface area contributed by atoms with Crippen molar-refractivity contribution in [3.63, 3.8) is 0 Å². The molecule has 0 atom stereocenters. The second kappa shape index (κ2) is 10.7. The number of allylic oxidation sites excluding steroid dienone is 1. The van der Waals surface area contributed by atoms with Crippen LogP contribution in [0.1, 0.15) is 51.9 Å². The molecule has 3 amide bonds. The fourth-order valence-corrected chi connectivity index (χ4v) is 4.30. The van der Waals surface area contributed by atoms with E-state index in [2.05, 4.69) is 16.3 Å². The van der Waals surface area contributed by atoms with Gasteiger partial charge >= 0.3 is 12.1 Å². The van der Waals surface area contributed by atoms with Gasteiger partial charge in [-0.25, -0.2) is 9.59 Å². The summed E-state index contributed by atoms with van der Waals surface area (Å²) >= 11 is 0. The smallest absolute Gasteiger partial charge is 0.409 e. The summed E-state index contributed by atoms with van der Waals surface area (Å²) in [5.41, 5.74) is 1.63. The van der Waals surface area contributed by atoms with E-state index in [4.69, 9.17) is 4.74 Å². The maximum atomic E-state index is 12.6. The van der Waals surface area contributed by atoms with Crippen molar-refractivity contribution in [3.8, 4) is 0 Å². The Hall–Kier alpha value is -1.76. The number of nitrogens with zero attached hydrogens (tertiary/aromatic N) is 3. The van der Waals surface area contributed by atoms with Crippen molar-refractivity contribution in [2.45, 2.75) is 57.9 Å². The highest BCUT2D eigenvalue weighted by Gasteiger charge is 2.27. The van der Waals surface area contributed by atoms with E-state index in [1.165, 1.54) is 32.1 Å². The van der Waals surface area contributed by atoms with Gasteiger partial charge < -0.3 is 19.9 Å². The van der Waals surface area contributed by atoms with E-state index in [1.54, 1.807) is 10.5 Å². The van der Waals surface area contributed by atoms with E-state index in [1.807, 2.05) is 11.8 Å². The molecule has 3 aliphatic rings. The molecule has 0 aromatic rings. The number of amides is 3. The van der Waals surface area contributed by atoms with Crippen LogP contribution >= 0.6 is 0 Å². The van der Waals surface area contributed by atoms with Crippen LogP contribution in [0.2, 0.25) is 0 Å². The lowest BCUT2D eigenvalue weighted by Gasteiger charge is -2.37. The third-order valence-corrected chi connectivity index (χ3v) is 6.14. The highest BCUT2D eigenvalue weighted by atomic mass is 16.6. The van der Waals surface area contributed by atoms with Crippen molar-refractivity contribution in [1.82, 2.24) is 20.0 Å². The van der Waals surface area contributed by atoms with Crippen LogP contribution in [-0.4, -0.2) is 85.3 Å². The van der Waals surface area contributed by atoms with Crippen LogP contribution in [0.3, 0.4) is 0 Å². The number of urea groups is 1. The first-order valence-electron chi connectivity index (χ1n) is 11.0. The number of piperidine rings is 1. The van der Waals surface area contributed by atoms with Crippen molar-refractivity contribution >= 4 is 12.1 Å². The second-order valence-corrected chi connectivity index (χ2v) is 8.10. The molecule has 1 N–H and O–H groups in total. The maximum absolute atomic E-state index is 12.6. The Balaban J connectivity index is 1.32. The van der Waals surface area contributed by atoms with Crippen LogP contribution in [0.5, 0.6) is 0 Å². The molecule has 0 aromatic carbocycles. The molecule has 0 saturated carbocycles. The largest absolute Gasteiger partial charge is 0.450 e. The number of carbonyl (C=O) groups excluding carboxylic acids is 2. The zero-order valence-corrected chi connectivity index (χ0v) is 17.3. The van der Waals surface area contributed by atoms with Crippen molar-refractivity contribution in [3.05, 3.63) is 11.6 Å². The highest BCUT2D eigenvalue weighted by molar-refractivity contribution is 5.74. The molecule has 0 bridgehead atoms. The highest BCUT2D eigenvalue weighted by Crippen LogP contribution is 2.20. The van der Waals surface area contributed by atoms with Crippen LogP contribution in [0.15, 0.2) is 11.6 Å². The number of carbonyl (C=O) groups is 2. The molecule has 158 valence electrons. The third kappa shape index (κ3) is 6.12. The molecule has 1 aliphatic carbocycles. The minimum absolute atomic E-state index is 0.0456. The Bertz CT molecular complexity index is 550. The first kappa shape index (κ1) is 21.0. The van der Waals surface area contributed by atoms with E-state index in [-0.39, 0.29) is 18.2 Å². The fourth-order valence-electron chi connectivity index (χ4n) is 4.30. The summed E-state index contributed by atoms with van der Waals surface area (Å²) in [5.74, 6) is 0. The van der Waals surface area contributed by atoms with E-state index in [0.29, 0.717) is 19.7 Å². The molecule has 7 heteroatoms. The van der Waals surface area contributed by atoms with E-state index < -0.39 is 0 Å². The zero-order valence-electron chi connectivity index (χ0n) is 17.3. The topological polar surface area (TPSA) is 65.1 Å². The van der Waals surface area contributed by atoms with E-state index in [9.17, 15) is 9.59 Å². The van der Waals surface area contributed by atoms with Gasteiger partial charge in [0.25, 0.3) is 0 Å². The molecule has 0 spiro atoms. The molecule has 3 rings (SSSR count). The minimum Gasteiger partial charge on any atom is -0.450 e. The Morgan fingerprint density at radius 2 is 1.82 bits per heavy atom. The Labute approximate surface area is 169 Å². The average Bonchev–Trinajstić information content (AvgIpc) is 2.74. The molecular weight excluding hydrogens is 356 g/mol. The summed E-state index contributed by atoms with van der Waals surface area (Å²) < 4.78 is 5.04. The molecule has 2 saturated heterocycles. The van der Waals surface area contributed by atoms with Gasteiger partial charge in [0.2, 0.25) is 0 Å². The summed E-state index contributed by atoms with van der Waals surface area (Å²) in [5, 5.41) is 3.16. The van der Waals surface area contributed by atoms with Gasteiger partial charge in [-0.3, -0.25) is 4.90 Å². The number of rotatable bonds is 5. The predicted molar refractivity (Wildman–Crippen MR) is 109 cm³/mol. The number of hydrogen-bond donors (Lipinski definition) is 1. The number of likely N-dealkylation sites (tertiary alicyclic amines) is 1. The summed E-state index contributed by atoms with van der Waals surface area (Å²) in [7, 11) is 0. The SMILES string of the molecule is CCOC(=O)N1CCC(NC(=O)N2CCN(CCC3=CCCCC3)CC2)CC1. The lowest BCUT2D eigenvalue weighted by Crippen LogP contribution is -2.55. The van der Waals surface area contributed by atoms with Crippen LogP contribution in [0, 0.1) is 0 Å². The third-order valence-electron chi connectivity index (χ3n) is 6.14. The molecular formula is C21H36N4O3.